The number of H-pyrrole nitrogens is 1. The Balaban J connectivity index is 2.26. The number of carbonyl (C=O) groups is 1. The topological polar surface area (TPSA) is 96.7 Å². The number of aryl methyl sites for hydroxylation is 1. The molecule has 18 heavy (non-hydrogen) atoms. The molecule has 2 aromatic rings. The molecule has 0 aliphatic rings. The summed E-state index contributed by atoms with van der Waals surface area (Å²) < 4.78 is 0. The number of hydrogen-bond acceptors (Lipinski definition) is 4. The molecule has 0 saturated heterocycles. The second-order valence-electron chi connectivity index (χ2n) is 3.70. The second-order valence-corrected chi connectivity index (χ2v) is 4.14. The van der Waals surface area contributed by atoms with E-state index in [2.05, 4.69) is 20.7 Å². The van der Waals surface area contributed by atoms with E-state index in [0.29, 0.717) is 11.3 Å². The van der Waals surface area contributed by atoms with Crippen molar-refractivity contribution >= 4 is 28.8 Å². The first kappa shape index (κ1) is 12.2. The van der Waals surface area contributed by atoms with E-state index in [4.69, 9.17) is 18.0 Å². The summed E-state index contributed by atoms with van der Waals surface area (Å²) in [5.41, 5.74) is 8.02. The highest BCUT2D eigenvalue weighted by Crippen LogP contribution is 2.17. The molecule has 6 nitrogen and oxygen atoms in total. The van der Waals surface area contributed by atoms with Crippen molar-refractivity contribution in [1.29, 1.82) is 0 Å². The quantitative estimate of drug-likeness (QED) is 0.716. The maximum absolute atomic E-state index is 11.8. The van der Waals surface area contributed by atoms with Crippen LogP contribution in [0.3, 0.4) is 0 Å². The molecule has 1 aromatic heterocycles. The number of nitrogens with zero attached hydrogens (tertiary/aromatic N) is 2. The van der Waals surface area contributed by atoms with Crippen LogP contribution < -0.4 is 11.1 Å². The third-order valence-electron chi connectivity index (χ3n) is 2.42. The number of nitrogens with one attached hydrogen (secondary N) is 2. The fourth-order valence-electron chi connectivity index (χ4n) is 1.41. The number of amides is 1. The Morgan fingerprint density at radius 3 is 2.89 bits per heavy atom. The zero-order valence-electron chi connectivity index (χ0n) is 9.60. The average Bonchev–Trinajstić information content (AvgIpc) is 2.85. The van der Waals surface area contributed by atoms with Crippen molar-refractivity contribution in [2.45, 2.75) is 6.92 Å². The lowest BCUT2D eigenvalue weighted by Crippen LogP contribution is -2.15. The highest BCUT2D eigenvalue weighted by Gasteiger charge is 2.11. The molecule has 0 bridgehead atoms. The van der Waals surface area contributed by atoms with Gasteiger partial charge in [0.2, 0.25) is 0 Å². The lowest BCUT2D eigenvalue weighted by molar-refractivity contribution is 0.102. The van der Waals surface area contributed by atoms with Crippen molar-refractivity contribution in [2.24, 2.45) is 5.73 Å². The summed E-state index contributed by atoms with van der Waals surface area (Å²) in [6, 6.07) is 5.38. The third kappa shape index (κ3) is 2.51. The van der Waals surface area contributed by atoms with Crippen LogP contribution in [0.4, 0.5) is 5.69 Å². The summed E-state index contributed by atoms with van der Waals surface area (Å²) in [4.78, 5) is 12.1. The molecule has 7 heteroatoms. The molecule has 1 aromatic carbocycles. The molecule has 1 heterocycles. The fraction of sp³-hybridized carbons (Fsp3) is 0.0909. The van der Waals surface area contributed by atoms with E-state index in [1.165, 1.54) is 6.20 Å². The zero-order chi connectivity index (χ0) is 13.1. The second kappa shape index (κ2) is 4.92. The number of carbonyl (C=O) groups excluding carboxylic acids is 1. The number of rotatable bonds is 3. The first-order valence-corrected chi connectivity index (χ1v) is 5.56. The van der Waals surface area contributed by atoms with Crippen molar-refractivity contribution < 1.29 is 4.79 Å². The molecule has 4 N–H and O–H groups in total. The predicted octanol–water partition coefficient (Wildman–Crippen LogP) is 1.000. The van der Waals surface area contributed by atoms with Gasteiger partial charge >= 0.3 is 0 Å². The lowest BCUT2D eigenvalue weighted by Gasteiger charge is -2.08. The normalized spacial score (nSPS) is 10.1. The third-order valence-corrected chi connectivity index (χ3v) is 2.65. The minimum absolute atomic E-state index is 0.218. The SMILES string of the molecule is Cc1ccc(C(N)=S)cc1NC(=O)c1cn[nH]n1. The summed E-state index contributed by atoms with van der Waals surface area (Å²) in [6.07, 6.45) is 1.35. The molecule has 2 rings (SSSR count). The number of aromatic amines is 1. The van der Waals surface area contributed by atoms with Crippen molar-refractivity contribution in [1.82, 2.24) is 15.4 Å². The Morgan fingerprint density at radius 1 is 1.50 bits per heavy atom. The maximum Gasteiger partial charge on any atom is 0.277 e. The van der Waals surface area contributed by atoms with E-state index in [1.54, 1.807) is 6.07 Å². The van der Waals surface area contributed by atoms with Crippen molar-refractivity contribution in [3.05, 3.63) is 41.2 Å². The number of benzene rings is 1. The number of aromatic nitrogens is 3. The first-order chi connectivity index (χ1) is 8.58. The molecule has 0 fully saturated rings. The first-order valence-electron chi connectivity index (χ1n) is 5.15. The molecular formula is C11H11N5OS. The Morgan fingerprint density at radius 2 is 2.28 bits per heavy atom. The molecule has 92 valence electrons. The van der Waals surface area contributed by atoms with Gasteiger partial charge in [0.05, 0.1) is 6.20 Å². The van der Waals surface area contributed by atoms with Crippen LogP contribution >= 0.6 is 12.2 Å². The molecule has 0 radical (unpaired) electrons. The maximum atomic E-state index is 11.8. The van der Waals surface area contributed by atoms with E-state index < -0.39 is 0 Å². The van der Waals surface area contributed by atoms with Crippen LogP contribution in [0.5, 0.6) is 0 Å². The number of nitrogens with two attached hydrogens (primary N) is 1. The van der Waals surface area contributed by atoms with Crippen molar-refractivity contribution in [3.8, 4) is 0 Å². The van der Waals surface area contributed by atoms with Gasteiger partial charge in [-0.2, -0.15) is 15.4 Å². The monoisotopic (exact) mass is 261 g/mol. The van der Waals surface area contributed by atoms with Crippen LogP contribution in [0.25, 0.3) is 0 Å². The predicted molar refractivity (Wildman–Crippen MR) is 71.4 cm³/mol. The number of hydrogen-bond donors (Lipinski definition) is 3. The highest BCUT2D eigenvalue weighted by molar-refractivity contribution is 7.80. The van der Waals surface area contributed by atoms with Crippen LogP contribution in [0.2, 0.25) is 0 Å². The average molecular weight is 261 g/mol. The molecule has 0 saturated carbocycles. The fourth-order valence-corrected chi connectivity index (χ4v) is 1.53. The summed E-state index contributed by atoms with van der Waals surface area (Å²) >= 11 is 4.90. The van der Waals surface area contributed by atoms with Gasteiger partial charge < -0.3 is 11.1 Å². The van der Waals surface area contributed by atoms with Gasteiger partial charge in [0.1, 0.15) is 4.99 Å². The minimum Gasteiger partial charge on any atom is -0.389 e. The number of anilines is 1. The van der Waals surface area contributed by atoms with Gasteiger partial charge in [-0.1, -0.05) is 24.4 Å². The molecule has 1 amide bonds. The van der Waals surface area contributed by atoms with Gasteiger partial charge in [0, 0.05) is 11.3 Å². The molecule has 0 spiro atoms. The van der Waals surface area contributed by atoms with Crippen LogP contribution in [0.1, 0.15) is 21.6 Å². The molecule has 0 aliphatic carbocycles. The Bertz CT molecular complexity index is 593. The van der Waals surface area contributed by atoms with Gasteiger partial charge in [-0.15, -0.1) is 0 Å². The number of thiocarbonyl (C=S) groups is 1. The highest BCUT2D eigenvalue weighted by atomic mass is 32.1. The standard InChI is InChI=1S/C11H11N5OS/c1-6-2-3-7(10(12)18)4-8(6)14-11(17)9-5-13-16-15-9/h2-5H,1H3,(H2,12,18)(H,14,17)(H,13,15,16). The van der Waals surface area contributed by atoms with E-state index >= 15 is 0 Å². The smallest absolute Gasteiger partial charge is 0.277 e. The van der Waals surface area contributed by atoms with E-state index in [-0.39, 0.29) is 16.6 Å². The molecule has 0 atom stereocenters. The van der Waals surface area contributed by atoms with Crippen molar-refractivity contribution in [2.75, 3.05) is 5.32 Å². The van der Waals surface area contributed by atoms with Crippen LogP contribution in [-0.2, 0) is 0 Å². The van der Waals surface area contributed by atoms with E-state index in [9.17, 15) is 4.79 Å². The van der Waals surface area contributed by atoms with E-state index in [1.807, 2.05) is 19.1 Å². The Kier molecular flexibility index (Phi) is 3.33. The summed E-state index contributed by atoms with van der Waals surface area (Å²) in [5.74, 6) is -0.341. The van der Waals surface area contributed by atoms with Gasteiger partial charge in [-0.3, -0.25) is 4.79 Å². The zero-order valence-corrected chi connectivity index (χ0v) is 10.4. The van der Waals surface area contributed by atoms with E-state index in [0.717, 1.165) is 5.56 Å². The van der Waals surface area contributed by atoms with Gasteiger partial charge in [-0.05, 0) is 18.6 Å². The van der Waals surface area contributed by atoms with Gasteiger partial charge in [0.15, 0.2) is 5.69 Å². The van der Waals surface area contributed by atoms with Crippen LogP contribution in [-0.4, -0.2) is 26.3 Å². The summed E-state index contributed by atoms with van der Waals surface area (Å²) in [5, 5.41) is 12.4. The minimum atomic E-state index is -0.341. The van der Waals surface area contributed by atoms with Crippen molar-refractivity contribution in [3.63, 3.8) is 0 Å². The summed E-state index contributed by atoms with van der Waals surface area (Å²) in [7, 11) is 0. The largest absolute Gasteiger partial charge is 0.389 e. The van der Waals surface area contributed by atoms with Gasteiger partial charge in [0.25, 0.3) is 5.91 Å². The molecular weight excluding hydrogens is 250 g/mol. The molecule has 0 aliphatic heterocycles. The molecule has 0 unspecified atom stereocenters. The van der Waals surface area contributed by atoms with Crippen LogP contribution in [0, 0.1) is 6.92 Å². The summed E-state index contributed by atoms with van der Waals surface area (Å²) in [6.45, 7) is 1.88. The van der Waals surface area contributed by atoms with Crippen LogP contribution in [0.15, 0.2) is 24.4 Å². The Labute approximate surface area is 109 Å². The van der Waals surface area contributed by atoms with Gasteiger partial charge in [-0.25, -0.2) is 0 Å². The lowest BCUT2D eigenvalue weighted by atomic mass is 10.1. The Hall–Kier alpha value is -2.28.